The van der Waals surface area contributed by atoms with Crippen molar-refractivity contribution in [3.8, 4) is 0 Å². The van der Waals surface area contributed by atoms with E-state index in [1.807, 2.05) is 13.0 Å². The number of esters is 1. The van der Waals surface area contributed by atoms with E-state index in [4.69, 9.17) is 4.74 Å². The summed E-state index contributed by atoms with van der Waals surface area (Å²) in [5.74, 6) is -1.97. The molecule has 0 unspecified atom stereocenters. The molecule has 0 spiro atoms. The second-order valence-electron chi connectivity index (χ2n) is 7.42. The largest absolute Gasteiger partial charge is 0.452 e. The summed E-state index contributed by atoms with van der Waals surface area (Å²) >= 11 is 0. The number of fused-ring (bicyclic) bond motifs is 3. The first-order valence-corrected chi connectivity index (χ1v) is 9.58. The Hall–Kier alpha value is -3.68. The number of benzene rings is 2. The first kappa shape index (κ1) is 19.6. The molecule has 0 aromatic heterocycles. The summed E-state index contributed by atoms with van der Waals surface area (Å²) in [4.78, 5) is 53.5. The Bertz CT molecular complexity index is 1070. The van der Waals surface area contributed by atoms with Gasteiger partial charge in [0.15, 0.2) is 6.61 Å². The molecule has 3 amide bonds. The van der Waals surface area contributed by atoms with Gasteiger partial charge < -0.3 is 15.0 Å². The minimum atomic E-state index is -1.59. The third-order valence-corrected chi connectivity index (χ3v) is 5.50. The van der Waals surface area contributed by atoms with Crippen molar-refractivity contribution >= 4 is 35.1 Å². The van der Waals surface area contributed by atoms with E-state index >= 15 is 0 Å². The molecule has 2 aromatic carbocycles. The van der Waals surface area contributed by atoms with Gasteiger partial charge in [0.2, 0.25) is 11.6 Å². The molecule has 2 aliphatic rings. The lowest BCUT2D eigenvalue weighted by Gasteiger charge is -2.46. The molecule has 0 radical (unpaired) electrons. The Labute approximate surface area is 173 Å². The summed E-state index contributed by atoms with van der Waals surface area (Å²) in [7, 11) is 1.47. The van der Waals surface area contributed by atoms with E-state index in [1.165, 1.54) is 16.8 Å². The van der Waals surface area contributed by atoms with Crippen molar-refractivity contribution in [2.24, 2.45) is 0 Å². The maximum Gasteiger partial charge on any atom is 0.354 e. The number of hydrogen-bond acceptors (Lipinski definition) is 5. The van der Waals surface area contributed by atoms with Gasteiger partial charge in [-0.1, -0.05) is 24.3 Å². The lowest BCUT2D eigenvalue weighted by atomic mass is 9.97. The molecular formula is C22H21N3O5. The van der Waals surface area contributed by atoms with Gasteiger partial charge in [-0.25, -0.2) is 4.79 Å². The lowest BCUT2D eigenvalue weighted by molar-refractivity contribution is -0.158. The normalized spacial score (nSPS) is 19.9. The van der Waals surface area contributed by atoms with Crippen molar-refractivity contribution in [1.29, 1.82) is 0 Å². The standard InChI is InChI=1S/C22H21N3O5/c1-14-6-5-7-15(12-14)23-18(26)13-30-21(29)22-11-10-19(27)25(22)17-9-4-3-8-16(17)20(28)24(22)2/h3-9,12H,10-11,13H2,1-2H3,(H,23,26)/t22-/m0/s1. The molecule has 154 valence electrons. The van der Waals surface area contributed by atoms with Crippen molar-refractivity contribution in [2.75, 3.05) is 23.9 Å². The molecule has 1 saturated heterocycles. The molecule has 8 nitrogen and oxygen atoms in total. The number of hydrogen-bond donors (Lipinski definition) is 1. The van der Waals surface area contributed by atoms with Crippen LogP contribution < -0.4 is 10.2 Å². The van der Waals surface area contributed by atoms with Crippen LogP contribution in [-0.4, -0.2) is 47.9 Å². The number of aryl methyl sites for hydroxylation is 1. The molecule has 0 aliphatic carbocycles. The Morgan fingerprint density at radius 3 is 2.67 bits per heavy atom. The van der Waals surface area contributed by atoms with Crippen LogP contribution in [0.4, 0.5) is 11.4 Å². The molecule has 1 atom stereocenters. The number of rotatable bonds is 4. The molecule has 2 heterocycles. The van der Waals surface area contributed by atoms with Crippen LogP contribution in [0.25, 0.3) is 0 Å². The molecule has 1 N–H and O–H groups in total. The number of para-hydroxylation sites is 1. The van der Waals surface area contributed by atoms with Crippen LogP contribution in [0.2, 0.25) is 0 Å². The Morgan fingerprint density at radius 2 is 1.90 bits per heavy atom. The average molecular weight is 407 g/mol. The number of nitrogens with one attached hydrogen (secondary N) is 1. The number of anilines is 2. The highest BCUT2D eigenvalue weighted by molar-refractivity contribution is 6.15. The topological polar surface area (TPSA) is 96.0 Å². The molecule has 0 saturated carbocycles. The molecule has 8 heteroatoms. The van der Waals surface area contributed by atoms with Crippen molar-refractivity contribution in [3.63, 3.8) is 0 Å². The number of amides is 3. The molecular weight excluding hydrogens is 386 g/mol. The molecule has 2 aliphatic heterocycles. The van der Waals surface area contributed by atoms with E-state index in [-0.39, 0.29) is 24.7 Å². The number of likely N-dealkylation sites (N-methyl/N-ethyl adjacent to an activating group) is 1. The Kier molecular flexibility index (Phi) is 4.77. The van der Waals surface area contributed by atoms with Gasteiger partial charge in [0, 0.05) is 25.6 Å². The van der Waals surface area contributed by atoms with Gasteiger partial charge >= 0.3 is 5.97 Å². The van der Waals surface area contributed by atoms with Gasteiger partial charge in [-0.2, -0.15) is 0 Å². The number of carbonyl (C=O) groups is 4. The van der Waals surface area contributed by atoms with Gasteiger partial charge in [0.25, 0.3) is 11.8 Å². The zero-order valence-electron chi connectivity index (χ0n) is 16.7. The van der Waals surface area contributed by atoms with Crippen molar-refractivity contribution in [3.05, 3.63) is 59.7 Å². The number of nitrogens with zero attached hydrogens (tertiary/aromatic N) is 2. The minimum Gasteiger partial charge on any atom is -0.452 e. The van der Waals surface area contributed by atoms with Gasteiger partial charge in [0.05, 0.1) is 11.3 Å². The molecule has 0 bridgehead atoms. The van der Waals surface area contributed by atoms with Gasteiger partial charge in [0.1, 0.15) is 0 Å². The van der Waals surface area contributed by atoms with Crippen LogP contribution in [0.5, 0.6) is 0 Å². The van der Waals surface area contributed by atoms with Crippen LogP contribution in [0.1, 0.15) is 28.8 Å². The highest BCUT2D eigenvalue weighted by atomic mass is 16.5. The first-order chi connectivity index (χ1) is 14.3. The van der Waals surface area contributed by atoms with E-state index < -0.39 is 24.1 Å². The Balaban J connectivity index is 1.56. The number of ether oxygens (including phenoxy) is 1. The van der Waals surface area contributed by atoms with Crippen molar-refractivity contribution < 1.29 is 23.9 Å². The lowest BCUT2D eigenvalue weighted by Crippen LogP contribution is -2.67. The van der Waals surface area contributed by atoms with Gasteiger partial charge in [-0.15, -0.1) is 0 Å². The predicted molar refractivity (Wildman–Crippen MR) is 109 cm³/mol. The fraction of sp³-hybridized carbons (Fsp3) is 0.273. The summed E-state index contributed by atoms with van der Waals surface area (Å²) in [6.07, 6.45) is 0.192. The number of carbonyl (C=O) groups excluding carboxylic acids is 4. The zero-order valence-corrected chi connectivity index (χ0v) is 16.7. The summed E-state index contributed by atoms with van der Waals surface area (Å²) in [5, 5.41) is 2.67. The highest BCUT2D eigenvalue weighted by Crippen LogP contribution is 2.44. The monoisotopic (exact) mass is 407 g/mol. The highest BCUT2D eigenvalue weighted by Gasteiger charge is 2.60. The quantitative estimate of drug-likeness (QED) is 0.783. The smallest absolute Gasteiger partial charge is 0.354 e. The van der Waals surface area contributed by atoms with E-state index in [9.17, 15) is 19.2 Å². The minimum absolute atomic E-state index is 0.0938. The van der Waals surface area contributed by atoms with Crippen LogP contribution in [0.3, 0.4) is 0 Å². The van der Waals surface area contributed by atoms with E-state index in [2.05, 4.69) is 5.32 Å². The van der Waals surface area contributed by atoms with Gasteiger partial charge in [-0.3, -0.25) is 19.3 Å². The third kappa shape index (κ3) is 3.01. The predicted octanol–water partition coefficient (Wildman–Crippen LogP) is 2.09. The fourth-order valence-corrected chi connectivity index (χ4v) is 4.06. The SMILES string of the molecule is Cc1cccc(NC(=O)COC(=O)[C@]23CCC(=O)N2c2ccccc2C(=O)N3C)c1. The molecule has 1 fully saturated rings. The van der Waals surface area contributed by atoms with Gasteiger partial charge in [-0.05, 0) is 36.8 Å². The van der Waals surface area contributed by atoms with E-state index in [1.54, 1.807) is 42.5 Å². The van der Waals surface area contributed by atoms with Crippen molar-refractivity contribution in [1.82, 2.24) is 4.90 Å². The summed E-state index contributed by atoms with van der Waals surface area (Å²) < 4.78 is 5.29. The zero-order chi connectivity index (χ0) is 21.5. The third-order valence-electron chi connectivity index (χ3n) is 5.50. The summed E-state index contributed by atoms with van der Waals surface area (Å²) in [5.41, 5.74) is 0.697. The molecule has 2 aromatic rings. The first-order valence-electron chi connectivity index (χ1n) is 9.58. The van der Waals surface area contributed by atoms with Crippen LogP contribution >= 0.6 is 0 Å². The summed E-state index contributed by atoms with van der Waals surface area (Å²) in [6.45, 7) is 1.37. The molecule has 30 heavy (non-hydrogen) atoms. The molecule has 4 rings (SSSR count). The Morgan fingerprint density at radius 1 is 1.13 bits per heavy atom. The fourth-order valence-electron chi connectivity index (χ4n) is 4.06. The van der Waals surface area contributed by atoms with Crippen LogP contribution in [-0.2, 0) is 19.1 Å². The second kappa shape index (κ2) is 7.29. The summed E-state index contributed by atoms with van der Waals surface area (Å²) in [6, 6.07) is 13.9. The van der Waals surface area contributed by atoms with Crippen LogP contribution in [0, 0.1) is 6.92 Å². The average Bonchev–Trinajstić information content (AvgIpc) is 3.09. The van der Waals surface area contributed by atoms with E-state index in [0.717, 1.165) is 5.56 Å². The second-order valence-corrected chi connectivity index (χ2v) is 7.42. The van der Waals surface area contributed by atoms with Crippen LogP contribution in [0.15, 0.2) is 48.5 Å². The van der Waals surface area contributed by atoms with Crippen molar-refractivity contribution in [2.45, 2.75) is 25.4 Å². The maximum absolute atomic E-state index is 13.1. The maximum atomic E-state index is 13.1. The van der Waals surface area contributed by atoms with E-state index in [0.29, 0.717) is 16.9 Å².